The van der Waals surface area contributed by atoms with Crippen molar-refractivity contribution in [2.45, 2.75) is 45.6 Å². The van der Waals surface area contributed by atoms with Gasteiger partial charge >= 0.3 is 0 Å². The van der Waals surface area contributed by atoms with Gasteiger partial charge in [0.2, 0.25) is 0 Å². The molecule has 36 heavy (non-hydrogen) atoms. The Morgan fingerprint density at radius 1 is 0.972 bits per heavy atom. The second-order valence-electron chi connectivity index (χ2n) is 10.3. The molecule has 0 spiro atoms. The molecule has 186 valence electrons. The molecule has 1 fully saturated rings. The Morgan fingerprint density at radius 2 is 1.69 bits per heavy atom. The summed E-state index contributed by atoms with van der Waals surface area (Å²) in [6, 6.07) is 23.4. The van der Waals surface area contributed by atoms with Crippen molar-refractivity contribution in [2.24, 2.45) is 11.0 Å². The minimum absolute atomic E-state index is 0.0205. The molecule has 1 atom stereocenters. The van der Waals surface area contributed by atoms with Gasteiger partial charge in [0, 0.05) is 12.0 Å². The molecular formula is C31H34FN3O. The first kappa shape index (κ1) is 24.4. The van der Waals surface area contributed by atoms with Crippen molar-refractivity contribution >= 4 is 11.6 Å². The Bertz CT molecular complexity index is 1250. The van der Waals surface area contributed by atoms with Crippen LogP contribution < -0.4 is 0 Å². The van der Waals surface area contributed by atoms with E-state index in [1.807, 2.05) is 6.07 Å². The molecule has 5 heteroatoms. The number of rotatable bonds is 6. The van der Waals surface area contributed by atoms with E-state index in [-0.39, 0.29) is 17.8 Å². The number of amides is 1. The van der Waals surface area contributed by atoms with Gasteiger partial charge in [-0.1, -0.05) is 72.3 Å². The molecule has 2 aliphatic rings. The highest BCUT2D eigenvalue weighted by molar-refractivity contribution is 6.03. The SMILES string of the molecule is Cc1ccc([C@@H]2CC(c3ccccc3F)=NN2C(=O)CN2CCC(Cc3ccccc3)CC2)c(C)c1. The fourth-order valence-corrected chi connectivity index (χ4v) is 5.60. The normalized spacial score (nSPS) is 18.9. The molecule has 1 saturated heterocycles. The zero-order valence-corrected chi connectivity index (χ0v) is 21.2. The summed E-state index contributed by atoms with van der Waals surface area (Å²) in [7, 11) is 0. The van der Waals surface area contributed by atoms with Crippen LogP contribution in [0, 0.1) is 25.6 Å². The smallest absolute Gasteiger partial charge is 0.257 e. The van der Waals surface area contributed by atoms with E-state index in [1.54, 1.807) is 17.1 Å². The number of benzene rings is 3. The number of hydrogen-bond acceptors (Lipinski definition) is 3. The van der Waals surface area contributed by atoms with Crippen LogP contribution >= 0.6 is 0 Å². The number of halogens is 1. The number of piperidine rings is 1. The molecule has 2 aliphatic heterocycles. The fourth-order valence-electron chi connectivity index (χ4n) is 5.60. The molecule has 0 aromatic heterocycles. The Labute approximate surface area is 213 Å². The standard InChI is InChI=1S/C31H34FN3O/c1-22-12-13-26(23(2)18-22)30-20-29(27-10-6-7-11-28(27)32)33-35(30)31(36)21-34-16-14-25(15-17-34)19-24-8-4-3-5-9-24/h3-13,18,25,30H,14-17,19-21H2,1-2H3/t30-/m0/s1. The van der Waals surface area contributed by atoms with Crippen molar-refractivity contribution < 1.29 is 9.18 Å². The van der Waals surface area contributed by atoms with Gasteiger partial charge in [0.15, 0.2) is 0 Å². The zero-order chi connectivity index (χ0) is 25.1. The first-order valence-electron chi connectivity index (χ1n) is 13.0. The maximum atomic E-state index is 14.6. The van der Waals surface area contributed by atoms with E-state index in [0.717, 1.165) is 43.5 Å². The number of hydrogen-bond donors (Lipinski definition) is 0. The van der Waals surface area contributed by atoms with Gasteiger partial charge in [0.25, 0.3) is 5.91 Å². The third kappa shape index (κ3) is 5.41. The highest BCUT2D eigenvalue weighted by Crippen LogP contribution is 2.35. The lowest BCUT2D eigenvalue weighted by molar-refractivity contribution is -0.134. The van der Waals surface area contributed by atoms with Crippen molar-refractivity contribution in [1.82, 2.24) is 9.91 Å². The van der Waals surface area contributed by atoms with E-state index < -0.39 is 0 Å². The predicted octanol–water partition coefficient (Wildman–Crippen LogP) is 6.07. The fraction of sp³-hybridized carbons (Fsp3) is 0.355. The second-order valence-corrected chi connectivity index (χ2v) is 10.3. The molecular weight excluding hydrogens is 449 g/mol. The maximum absolute atomic E-state index is 14.6. The lowest BCUT2D eigenvalue weighted by Gasteiger charge is -2.33. The molecule has 0 unspecified atom stereocenters. The monoisotopic (exact) mass is 483 g/mol. The van der Waals surface area contributed by atoms with Gasteiger partial charge in [0.05, 0.1) is 18.3 Å². The summed E-state index contributed by atoms with van der Waals surface area (Å²) in [6.45, 7) is 6.30. The summed E-state index contributed by atoms with van der Waals surface area (Å²) in [4.78, 5) is 15.8. The maximum Gasteiger partial charge on any atom is 0.257 e. The number of hydrazone groups is 1. The third-order valence-corrected chi connectivity index (χ3v) is 7.57. The Hall–Kier alpha value is -3.31. The number of aryl methyl sites for hydroxylation is 2. The van der Waals surface area contributed by atoms with E-state index in [0.29, 0.717) is 30.2 Å². The predicted molar refractivity (Wildman–Crippen MR) is 142 cm³/mol. The molecule has 3 aromatic carbocycles. The van der Waals surface area contributed by atoms with Crippen LogP contribution in [0.25, 0.3) is 0 Å². The number of nitrogens with zero attached hydrogens (tertiary/aromatic N) is 3. The van der Waals surface area contributed by atoms with Gasteiger partial charge in [0.1, 0.15) is 5.82 Å². The number of carbonyl (C=O) groups is 1. The lowest BCUT2D eigenvalue weighted by Crippen LogP contribution is -2.42. The molecule has 0 bridgehead atoms. The van der Waals surface area contributed by atoms with E-state index in [9.17, 15) is 9.18 Å². The molecule has 3 aromatic rings. The summed E-state index contributed by atoms with van der Waals surface area (Å²) in [5, 5.41) is 6.33. The van der Waals surface area contributed by atoms with E-state index in [2.05, 4.69) is 67.3 Å². The molecule has 0 radical (unpaired) electrons. The molecule has 0 N–H and O–H groups in total. The first-order chi connectivity index (χ1) is 17.5. The van der Waals surface area contributed by atoms with Gasteiger partial charge in [-0.3, -0.25) is 9.69 Å². The summed E-state index contributed by atoms with van der Waals surface area (Å²) >= 11 is 0. The minimum Gasteiger partial charge on any atom is -0.294 e. The minimum atomic E-state index is -0.301. The van der Waals surface area contributed by atoms with Crippen molar-refractivity contribution in [3.63, 3.8) is 0 Å². The number of likely N-dealkylation sites (tertiary alicyclic amines) is 1. The van der Waals surface area contributed by atoms with Crippen LogP contribution in [0.4, 0.5) is 4.39 Å². The van der Waals surface area contributed by atoms with Crippen LogP contribution in [-0.4, -0.2) is 41.2 Å². The Morgan fingerprint density at radius 3 is 2.42 bits per heavy atom. The molecule has 2 heterocycles. The molecule has 5 rings (SSSR count). The zero-order valence-electron chi connectivity index (χ0n) is 21.2. The van der Waals surface area contributed by atoms with Crippen LogP contribution in [0.1, 0.15) is 53.1 Å². The molecule has 0 saturated carbocycles. The van der Waals surface area contributed by atoms with Crippen LogP contribution in [0.3, 0.4) is 0 Å². The summed E-state index contributed by atoms with van der Waals surface area (Å²) in [6.07, 6.45) is 3.79. The van der Waals surface area contributed by atoms with Gasteiger partial charge < -0.3 is 0 Å². The van der Waals surface area contributed by atoms with E-state index in [1.165, 1.54) is 17.2 Å². The largest absolute Gasteiger partial charge is 0.294 e. The van der Waals surface area contributed by atoms with Crippen molar-refractivity contribution in [3.8, 4) is 0 Å². The topological polar surface area (TPSA) is 35.9 Å². The number of carbonyl (C=O) groups excluding carboxylic acids is 1. The van der Waals surface area contributed by atoms with Gasteiger partial charge in [-0.25, -0.2) is 9.40 Å². The van der Waals surface area contributed by atoms with Crippen LogP contribution in [0.5, 0.6) is 0 Å². The lowest BCUT2D eigenvalue weighted by atomic mass is 9.90. The highest BCUT2D eigenvalue weighted by Gasteiger charge is 2.35. The quantitative estimate of drug-likeness (QED) is 0.426. The Balaban J connectivity index is 1.30. The van der Waals surface area contributed by atoms with Crippen LogP contribution in [-0.2, 0) is 11.2 Å². The van der Waals surface area contributed by atoms with Crippen LogP contribution in [0.15, 0.2) is 77.9 Å². The molecule has 0 aliphatic carbocycles. The summed E-state index contributed by atoms with van der Waals surface area (Å²) in [5.41, 5.74) is 5.88. The van der Waals surface area contributed by atoms with Gasteiger partial charge in [-0.2, -0.15) is 5.10 Å². The van der Waals surface area contributed by atoms with E-state index in [4.69, 9.17) is 5.10 Å². The summed E-state index contributed by atoms with van der Waals surface area (Å²) in [5.74, 6) is 0.331. The van der Waals surface area contributed by atoms with Crippen molar-refractivity contribution in [3.05, 3.63) is 106 Å². The molecule has 4 nitrogen and oxygen atoms in total. The van der Waals surface area contributed by atoms with Crippen molar-refractivity contribution in [2.75, 3.05) is 19.6 Å². The van der Waals surface area contributed by atoms with Crippen molar-refractivity contribution in [1.29, 1.82) is 0 Å². The summed E-state index contributed by atoms with van der Waals surface area (Å²) < 4.78 is 14.6. The van der Waals surface area contributed by atoms with E-state index >= 15 is 0 Å². The average molecular weight is 484 g/mol. The van der Waals surface area contributed by atoms with Gasteiger partial charge in [-0.05, 0) is 74.9 Å². The average Bonchev–Trinajstić information content (AvgIpc) is 3.31. The third-order valence-electron chi connectivity index (χ3n) is 7.57. The van der Waals surface area contributed by atoms with Gasteiger partial charge in [-0.15, -0.1) is 0 Å². The first-order valence-corrected chi connectivity index (χ1v) is 13.0. The molecule has 1 amide bonds. The second kappa shape index (κ2) is 10.8. The Kier molecular flexibility index (Phi) is 7.28. The highest BCUT2D eigenvalue weighted by atomic mass is 19.1. The van der Waals surface area contributed by atoms with Crippen LogP contribution in [0.2, 0.25) is 0 Å².